The van der Waals surface area contributed by atoms with E-state index >= 15 is 0 Å². The molecule has 0 atom stereocenters. The molecule has 0 aliphatic heterocycles. The van der Waals surface area contributed by atoms with Gasteiger partial charge in [-0.25, -0.2) is 4.79 Å². The van der Waals surface area contributed by atoms with Crippen molar-refractivity contribution in [3.05, 3.63) is 35.6 Å². The molecule has 9 heteroatoms. The minimum absolute atomic E-state index is 0.0218. The van der Waals surface area contributed by atoms with E-state index in [0.717, 1.165) is 0 Å². The number of rotatable bonds is 4. The molecule has 2 aromatic rings. The van der Waals surface area contributed by atoms with E-state index in [9.17, 15) is 13.6 Å². The summed E-state index contributed by atoms with van der Waals surface area (Å²) in [6, 6.07) is 3.47. The summed E-state index contributed by atoms with van der Waals surface area (Å²) < 4.78 is 30.1. The van der Waals surface area contributed by atoms with Crippen LogP contribution in [0.2, 0.25) is 5.02 Å². The highest BCUT2D eigenvalue weighted by Crippen LogP contribution is 2.29. The van der Waals surface area contributed by atoms with Gasteiger partial charge in [0.25, 0.3) is 0 Å². The van der Waals surface area contributed by atoms with Gasteiger partial charge in [-0.15, -0.1) is 0 Å². The van der Waals surface area contributed by atoms with Crippen LogP contribution in [0.5, 0.6) is 5.75 Å². The van der Waals surface area contributed by atoms with Crippen LogP contribution in [0, 0.1) is 0 Å². The van der Waals surface area contributed by atoms with Crippen molar-refractivity contribution in [2.45, 2.75) is 6.61 Å². The number of hydrogen-bond donors (Lipinski definition) is 2. The molecule has 2 rings (SSSR count). The van der Waals surface area contributed by atoms with E-state index in [1.807, 2.05) is 0 Å². The van der Waals surface area contributed by atoms with Crippen LogP contribution < -0.4 is 15.4 Å². The van der Waals surface area contributed by atoms with Gasteiger partial charge in [-0.05, 0) is 12.1 Å². The van der Waals surface area contributed by atoms with Crippen molar-refractivity contribution in [3.63, 3.8) is 0 Å². The van der Waals surface area contributed by atoms with Crippen LogP contribution in [0.15, 0.2) is 30.6 Å². The van der Waals surface area contributed by atoms with Crippen LogP contribution in [0.3, 0.4) is 0 Å². The smallest absolute Gasteiger partial charge is 0.387 e. The van der Waals surface area contributed by atoms with Crippen LogP contribution in [0.4, 0.5) is 25.0 Å². The average Bonchev–Trinajstić information content (AvgIpc) is 2.78. The summed E-state index contributed by atoms with van der Waals surface area (Å²) in [5.74, 6) is -0.217. The number of amides is 2. The Hall–Kier alpha value is -2.35. The fourth-order valence-corrected chi connectivity index (χ4v) is 1.71. The SMILES string of the molecule is Cn1cc(NC(=O)Nc2ccc(Cl)c(OC(F)F)c2)cn1. The minimum Gasteiger partial charge on any atom is -0.433 e. The van der Waals surface area contributed by atoms with E-state index in [2.05, 4.69) is 20.5 Å². The van der Waals surface area contributed by atoms with Crippen molar-refractivity contribution in [3.8, 4) is 5.75 Å². The third-order valence-electron chi connectivity index (χ3n) is 2.37. The predicted octanol–water partition coefficient (Wildman–Crippen LogP) is 3.32. The number of ether oxygens (including phenoxy) is 1. The van der Waals surface area contributed by atoms with Crippen molar-refractivity contribution in [2.24, 2.45) is 7.05 Å². The Labute approximate surface area is 123 Å². The van der Waals surface area contributed by atoms with E-state index in [0.29, 0.717) is 5.69 Å². The normalized spacial score (nSPS) is 10.5. The number of benzene rings is 1. The largest absolute Gasteiger partial charge is 0.433 e. The second kappa shape index (κ2) is 6.40. The molecule has 0 aliphatic carbocycles. The van der Waals surface area contributed by atoms with Crippen LogP contribution in [-0.2, 0) is 7.05 Å². The minimum atomic E-state index is -3.00. The summed E-state index contributed by atoms with van der Waals surface area (Å²) in [7, 11) is 1.70. The highest BCUT2D eigenvalue weighted by molar-refractivity contribution is 6.32. The molecule has 6 nitrogen and oxygen atoms in total. The Bertz CT molecular complexity index is 648. The summed E-state index contributed by atoms with van der Waals surface area (Å²) in [5, 5.41) is 8.91. The molecule has 2 amide bonds. The van der Waals surface area contributed by atoms with Gasteiger partial charge in [0.1, 0.15) is 5.75 Å². The van der Waals surface area contributed by atoms with E-state index < -0.39 is 12.6 Å². The Morgan fingerprint density at radius 3 is 2.71 bits per heavy atom. The number of hydrogen-bond acceptors (Lipinski definition) is 3. The van der Waals surface area contributed by atoms with E-state index in [-0.39, 0.29) is 16.5 Å². The number of nitrogens with zero attached hydrogens (tertiary/aromatic N) is 2. The van der Waals surface area contributed by atoms with Crippen LogP contribution >= 0.6 is 11.6 Å². The van der Waals surface area contributed by atoms with Crippen LogP contribution in [0.1, 0.15) is 0 Å². The topological polar surface area (TPSA) is 68.2 Å². The first-order chi connectivity index (χ1) is 9.94. The third kappa shape index (κ3) is 4.32. The van der Waals surface area contributed by atoms with Crippen LogP contribution in [0.25, 0.3) is 0 Å². The lowest BCUT2D eigenvalue weighted by atomic mass is 10.3. The fourth-order valence-electron chi connectivity index (χ4n) is 1.55. The molecule has 1 aromatic heterocycles. The van der Waals surface area contributed by atoms with Gasteiger partial charge in [0.05, 0.1) is 16.9 Å². The number of carbonyl (C=O) groups is 1. The van der Waals surface area contributed by atoms with E-state index in [1.54, 1.807) is 13.2 Å². The zero-order chi connectivity index (χ0) is 15.4. The maximum Gasteiger partial charge on any atom is 0.387 e. The van der Waals surface area contributed by atoms with Gasteiger partial charge >= 0.3 is 12.6 Å². The Balaban J connectivity index is 2.03. The van der Waals surface area contributed by atoms with Crippen molar-refractivity contribution in [2.75, 3.05) is 10.6 Å². The first-order valence-electron chi connectivity index (χ1n) is 5.75. The van der Waals surface area contributed by atoms with E-state index in [1.165, 1.54) is 29.1 Å². The van der Waals surface area contributed by atoms with Gasteiger partial charge in [-0.3, -0.25) is 4.68 Å². The maximum atomic E-state index is 12.2. The van der Waals surface area contributed by atoms with Crippen LogP contribution in [-0.4, -0.2) is 22.4 Å². The molecular weight excluding hydrogens is 306 g/mol. The summed E-state index contributed by atoms with van der Waals surface area (Å²) in [6.07, 6.45) is 3.07. The second-order valence-electron chi connectivity index (χ2n) is 4.01. The second-order valence-corrected chi connectivity index (χ2v) is 4.41. The molecule has 0 fully saturated rings. The summed E-state index contributed by atoms with van der Waals surface area (Å²) in [5.41, 5.74) is 0.754. The first kappa shape index (κ1) is 15.0. The number of alkyl halides is 2. The van der Waals surface area contributed by atoms with Gasteiger partial charge in [-0.2, -0.15) is 13.9 Å². The number of aromatic nitrogens is 2. The van der Waals surface area contributed by atoms with Gasteiger partial charge in [0.15, 0.2) is 0 Å². The van der Waals surface area contributed by atoms with Gasteiger partial charge in [0, 0.05) is 25.0 Å². The lowest BCUT2D eigenvalue weighted by Gasteiger charge is -2.10. The molecular formula is C12H11ClF2N4O2. The summed E-state index contributed by atoms with van der Waals surface area (Å²) in [4.78, 5) is 11.7. The third-order valence-corrected chi connectivity index (χ3v) is 2.68. The summed E-state index contributed by atoms with van der Waals surface area (Å²) >= 11 is 5.71. The molecule has 112 valence electrons. The molecule has 1 aromatic carbocycles. The van der Waals surface area contributed by atoms with Gasteiger partial charge in [-0.1, -0.05) is 11.6 Å². The molecule has 0 unspecified atom stereocenters. The monoisotopic (exact) mass is 316 g/mol. The zero-order valence-electron chi connectivity index (χ0n) is 10.8. The number of aryl methyl sites for hydroxylation is 1. The molecule has 21 heavy (non-hydrogen) atoms. The quantitative estimate of drug-likeness (QED) is 0.909. The van der Waals surface area contributed by atoms with Crippen molar-refractivity contribution in [1.29, 1.82) is 0 Å². The number of carbonyl (C=O) groups excluding carboxylic acids is 1. The van der Waals surface area contributed by atoms with Gasteiger partial charge in [0.2, 0.25) is 0 Å². The molecule has 0 bridgehead atoms. The lowest BCUT2D eigenvalue weighted by molar-refractivity contribution is -0.0497. The molecule has 2 N–H and O–H groups in total. The number of halogens is 3. The highest BCUT2D eigenvalue weighted by atomic mass is 35.5. The lowest BCUT2D eigenvalue weighted by Crippen LogP contribution is -2.19. The zero-order valence-corrected chi connectivity index (χ0v) is 11.6. The molecule has 0 spiro atoms. The Morgan fingerprint density at radius 1 is 1.38 bits per heavy atom. The Morgan fingerprint density at radius 2 is 2.10 bits per heavy atom. The maximum absolute atomic E-state index is 12.2. The number of nitrogens with one attached hydrogen (secondary N) is 2. The summed E-state index contributed by atoms with van der Waals surface area (Å²) in [6.45, 7) is -3.00. The predicted molar refractivity (Wildman–Crippen MR) is 73.9 cm³/mol. The molecule has 0 radical (unpaired) electrons. The first-order valence-corrected chi connectivity index (χ1v) is 6.13. The molecule has 0 aliphatic rings. The average molecular weight is 317 g/mol. The molecule has 0 saturated heterocycles. The molecule has 0 saturated carbocycles. The van der Waals surface area contributed by atoms with Crippen molar-refractivity contribution < 1.29 is 18.3 Å². The standard InChI is InChI=1S/C12H11ClF2N4O2/c1-19-6-8(5-16-19)18-12(20)17-7-2-3-9(13)10(4-7)21-11(14)15/h2-6,11H,1H3,(H2,17,18,20). The fraction of sp³-hybridized carbons (Fsp3) is 0.167. The van der Waals surface area contributed by atoms with Crippen molar-refractivity contribution in [1.82, 2.24) is 9.78 Å². The number of anilines is 2. The number of urea groups is 1. The van der Waals surface area contributed by atoms with E-state index in [4.69, 9.17) is 11.6 Å². The van der Waals surface area contributed by atoms with Gasteiger partial charge < -0.3 is 15.4 Å². The Kier molecular flexibility index (Phi) is 4.59. The molecule has 1 heterocycles. The highest BCUT2D eigenvalue weighted by Gasteiger charge is 2.11. The van der Waals surface area contributed by atoms with Crippen molar-refractivity contribution >= 4 is 29.0 Å².